The molecule has 1 saturated carbocycles. The first kappa shape index (κ1) is 23.3. The Hall–Kier alpha value is -2.85. The van der Waals surface area contributed by atoms with Gasteiger partial charge in [-0.1, -0.05) is 32.1 Å². The van der Waals surface area contributed by atoms with E-state index in [1.165, 1.54) is 61.6 Å². The molecule has 0 bridgehead atoms. The Bertz CT molecular complexity index is 1160. The van der Waals surface area contributed by atoms with Gasteiger partial charge in [0, 0.05) is 18.8 Å². The maximum absolute atomic E-state index is 14.6. The van der Waals surface area contributed by atoms with E-state index >= 15 is 0 Å². The molecule has 0 spiro atoms. The number of aromatic nitrogens is 4. The van der Waals surface area contributed by atoms with E-state index in [9.17, 15) is 12.8 Å². The molecule has 2 N–H and O–H groups in total. The van der Waals surface area contributed by atoms with Crippen LogP contribution in [-0.4, -0.2) is 34.2 Å². The number of anilines is 1. The lowest BCUT2D eigenvalue weighted by Crippen LogP contribution is -2.29. The van der Waals surface area contributed by atoms with E-state index in [0.717, 1.165) is 18.4 Å². The van der Waals surface area contributed by atoms with Gasteiger partial charge in [-0.05, 0) is 49.6 Å². The standard InChI is InChI=1S/C23H29FN6O2S/c1-17(12-18-6-3-2-4-7-18)27-14-22-21(8-5-11-26-22)29-33(31,32)19-9-10-23(20(24)13-19)30-16-25-15-28-30/h5,8-11,13,15-18,27,29H,2-4,6-7,12,14H2,1H3. The summed E-state index contributed by atoms with van der Waals surface area (Å²) in [6.45, 7) is 2.59. The Balaban J connectivity index is 1.43. The third kappa shape index (κ3) is 5.94. The Morgan fingerprint density at radius 1 is 1.21 bits per heavy atom. The predicted molar refractivity (Wildman–Crippen MR) is 124 cm³/mol. The molecule has 0 aliphatic heterocycles. The van der Waals surface area contributed by atoms with Crippen LogP contribution in [0.5, 0.6) is 0 Å². The molecule has 4 rings (SSSR count). The largest absolute Gasteiger partial charge is 0.309 e. The summed E-state index contributed by atoms with van der Waals surface area (Å²) in [6.07, 6.45) is 11.9. The van der Waals surface area contributed by atoms with Gasteiger partial charge in [0.1, 0.15) is 24.2 Å². The van der Waals surface area contributed by atoms with E-state index in [2.05, 4.69) is 32.0 Å². The van der Waals surface area contributed by atoms with Crippen LogP contribution in [0.15, 0.2) is 54.1 Å². The lowest BCUT2D eigenvalue weighted by molar-refractivity contribution is 0.304. The molecule has 176 valence electrons. The van der Waals surface area contributed by atoms with Crippen molar-refractivity contribution in [2.24, 2.45) is 5.92 Å². The van der Waals surface area contributed by atoms with Crippen molar-refractivity contribution in [3.05, 3.63) is 60.7 Å². The minimum absolute atomic E-state index is 0.115. The molecule has 1 unspecified atom stereocenters. The molecule has 0 saturated heterocycles. The van der Waals surface area contributed by atoms with Crippen molar-refractivity contribution >= 4 is 15.7 Å². The van der Waals surface area contributed by atoms with Gasteiger partial charge in [0.05, 0.1) is 16.3 Å². The van der Waals surface area contributed by atoms with Crippen LogP contribution >= 0.6 is 0 Å². The lowest BCUT2D eigenvalue weighted by Gasteiger charge is -2.25. The Labute approximate surface area is 193 Å². The second-order valence-electron chi connectivity index (χ2n) is 8.58. The highest BCUT2D eigenvalue weighted by Gasteiger charge is 2.20. The molecule has 2 heterocycles. The van der Waals surface area contributed by atoms with Crippen molar-refractivity contribution in [2.45, 2.75) is 62.9 Å². The lowest BCUT2D eigenvalue weighted by atomic mass is 9.85. The molecule has 1 aliphatic rings. The zero-order valence-electron chi connectivity index (χ0n) is 18.6. The van der Waals surface area contributed by atoms with Crippen LogP contribution in [0.25, 0.3) is 5.69 Å². The number of hydrogen-bond donors (Lipinski definition) is 2. The molecule has 1 fully saturated rings. The molecule has 0 radical (unpaired) electrons. The van der Waals surface area contributed by atoms with Gasteiger partial charge < -0.3 is 5.32 Å². The normalized spacial score (nSPS) is 15.9. The molecular weight excluding hydrogens is 443 g/mol. The number of rotatable bonds is 9. The van der Waals surface area contributed by atoms with Crippen molar-refractivity contribution in [3.8, 4) is 5.69 Å². The molecule has 10 heteroatoms. The van der Waals surface area contributed by atoms with Gasteiger partial charge in [-0.15, -0.1) is 0 Å². The smallest absolute Gasteiger partial charge is 0.262 e. The predicted octanol–water partition coefficient (Wildman–Crippen LogP) is 4.05. The van der Waals surface area contributed by atoms with E-state index in [0.29, 0.717) is 24.0 Å². The maximum atomic E-state index is 14.6. The van der Waals surface area contributed by atoms with Gasteiger partial charge >= 0.3 is 0 Å². The number of sulfonamides is 1. The number of pyridine rings is 1. The number of nitrogens with one attached hydrogen (secondary N) is 2. The van der Waals surface area contributed by atoms with Crippen molar-refractivity contribution in [3.63, 3.8) is 0 Å². The fourth-order valence-electron chi connectivity index (χ4n) is 4.33. The number of benzene rings is 1. The Morgan fingerprint density at radius 2 is 2.03 bits per heavy atom. The highest BCUT2D eigenvalue weighted by Crippen LogP contribution is 2.27. The van der Waals surface area contributed by atoms with E-state index in [-0.39, 0.29) is 10.6 Å². The maximum Gasteiger partial charge on any atom is 0.262 e. The van der Waals surface area contributed by atoms with Crippen LogP contribution in [0.4, 0.5) is 10.1 Å². The van der Waals surface area contributed by atoms with Gasteiger partial charge in [0.2, 0.25) is 0 Å². The zero-order chi connectivity index (χ0) is 23.3. The molecule has 2 aromatic heterocycles. The number of halogens is 1. The van der Waals surface area contributed by atoms with Gasteiger partial charge in [-0.25, -0.2) is 22.5 Å². The van der Waals surface area contributed by atoms with E-state index in [1.54, 1.807) is 18.3 Å². The van der Waals surface area contributed by atoms with Crippen LogP contribution in [0.2, 0.25) is 0 Å². The summed E-state index contributed by atoms with van der Waals surface area (Å²) in [5, 5.41) is 7.35. The van der Waals surface area contributed by atoms with Crippen molar-refractivity contribution in [1.29, 1.82) is 0 Å². The van der Waals surface area contributed by atoms with Crippen molar-refractivity contribution in [2.75, 3.05) is 4.72 Å². The van der Waals surface area contributed by atoms with E-state index in [1.807, 2.05) is 0 Å². The summed E-state index contributed by atoms with van der Waals surface area (Å²) in [6, 6.07) is 7.30. The number of nitrogens with zero attached hydrogens (tertiary/aromatic N) is 4. The average molecular weight is 473 g/mol. The van der Waals surface area contributed by atoms with Crippen molar-refractivity contribution in [1.82, 2.24) is 25.1 Å². The summed E-state index contributed by atoms with van der Waals surface area (Å²) in [7, 11) is -4.01. The number of hydrogen-bond acceptors (Lipinski definition) is 6. The van der Waals surface area contributed by atoms with Crippen LogP contribution < -0.4 is 10.0 Å². The summed E-state index contributed by atoms with van der Waals surface area (Å²) >= 11 is 0. The summed E-state index contributed by atoms with van der Waals surface area (Å²) in [5.41, 5.74) is 1.08. The van der Waals surface area contributed by atoms with Crippen LogP contribution in [0.1, 0.15) is 51.1 Å². The minimum atomic E-state index is -4.01. The molecule has 8 nitrogen and oxygen atoms in total. The second kappa shape index (κ2) is 10.4. The first-order valence-electron chi connectivity index (χ1n) is 11.3. The Morgan fingerprint density at radius 3 is 2.76 bits per heavy atom. The summed E-state index contributed by atoms with van der Waals surface area (Å²) in [4.78, 5) is 7.96. The van der Waals surface area contributed by atoms with Crippen LogP contribution in [0, 0.1) is 11.7 Å². The third-order valence-corrected chi connectivity index (χ3v) is 7.42. The second-order valence-corrected chi connectivity index (χ2v) is 10.3. The monoisotopic (exact) mass is 472 g/mol. The molecule has 3 aromatic rings. The molecule has 0 amide bonds. The highest BCUT2D eigenvalue weighted by molar-refractivity contribution is 7.92. The summed E-state index contributed by atoms with van der Waals surface area (Å²) in [5.74, 6) is 0.0336. The molecule has 33 heavy (non-hydrogen) atoms. The SMILES string of the molecule is CC(CC1CCCCC1)NCc1ncccc1NS(=O)(=O)c1ccc(-n2cncn2)c(F)c1. The fourth-order valence-corrected chi connectivity index (χ4v) is 5.42. The third-order valence-electron chi connectivity index (χ3n) is 6.06. The first-order chi connectivity index (χ1) is 15.9. The highest BCUT2D eigenvalue weighted by atomic mass is 32.2. The van der Waals surface area contributed by atoms with Crippen molar-refractivity contribution < 1.29 is 12.8 Å². The fraction of sp³-hybridized carbons (Fsp3) is 0.435. The molecule has 1 aliphatic carbocycles. The van der Waals surface area contributed by atoms with Gasteiger partial charge in [0.15, 0.2) is 0 Å². The minimum Gasteiger partial charge on any atom is -0.309 e. The van der Waals surface area contributed by atoms with E-state index in [4.69, 9.17) is 0 Å². The average Bonchev–Trinajstić information content (AvgIpc) is 3.33. The van der Waals surface area contributed by atoms with Gasteiger partial charge in [-0.3, -0.25) is 9.71 Å². The Kier molecular flexibility index (Phi) is 7.34. The molecule has 1 atom stereocenters. The summed E-state index contributed by atoms with van der Waals surface area (Å²) < 4.78 is 44.2. The van der Waals surface area contributed by atoms with Crippen LogP contribution in [0.3, 0.4) is 0 Å². The topological polar surface area (TPSA) is 102 Å². The van der Waals surface area contributed by atoms with Gasteiger partial charge in [0.25, 0.3) is 10.0 Å². The first-order valence-corrected chi connectivity index (χ1v) is 12.8. The van der Waals surface area contributed by atoms with Gasteiger partial charge in [-0.2, -0.15) is 5.10 Å². The van der Waals surface area contributed by atoms with E-state index < -0.39 is 15.8 Å². The molecular formula is C23H29FN6O2S. The van der Waals surface area contributed by atoms with Crippen LogP contribution in [-0.2, 0) is 16.6 Å². The zero-order valence-corrected chi connectivity index (χ0v) is 19.4. The molecule has 1 aromatic carbocycles. The quantitative estimate of drug-likeness (QED) is 0.487.